The molecule has 0 spiro atoms. The first-order valence-electron chi connectivity index (χ1n) is 8.71. The van der Waals surface area contributed by atoms with Crippen molar-refractivity contribution in [1.29, 1.82) is 0 Å². The van der Waals surface area contributed by atoms with Crippen LogP contribution in [0, 0.1) is 18.3 Å². The fourth-order valence-corrected chi connectivity index (χ4v) is 2.30. The second-order valence-corrected chi connectivity index (χ2v) is 7.32. The van der Waals surface area contributed by atoms with E-state index in [4.69, 9.17) is 14.6 Å². The molecular weight excluding hydrogens is 379 g/mol. The Morgan fingerprint density at radius 3 is 2.43 bits per heavy atom. The Balaban J connectivity index is 0.000000480. The fraction of sp³-hybridized carbons (Fsp3) is 0.611. The van der Waals surface area contributed by atoms with Crippen molar-refractivity contribution in [3.8, 4) is 5.88 Å². The van der Waals surface area contributed by atoms with Crippen molar-refractivity contribution in [3.63, 3.8) is 0 Å². The molecule has 2 atom stereocenters. The first-order chi connectivity index (χ1) is 12.8. The summed E-state index contributed by atoms with van der Waals surface area (Å²) in [5, 5.41) is 13.5. The number of halogens is 3. The van der Waals surface area contributed by atoms with Crippen LogP contribution < -0.4 is 15.4 Å². The highest BCUT2D eigenvalue weighted by atomic mass is 19.4. The summed E-state index contributed by atoms with van der Waals surface area (Å²) in [6.45, 7) is 9.98. The second kappa shape index (κ2) is 9.72. The summed E-state index contributed by atoms with van der Waals surface area (Å²) in [6, 6.07) is 4.02. The molecule has 28 heavy (non-hydrogen) atoms. The zero-order valence-corrected chi connectivity index (χ0v) is 16.3. The van der Waals surface area contributed by atoms with Crippen molar-refractivity contribution in [1.82, 2.24) is 15.6 Å². The van der Waals surface area contributed by atoms with Gasteiger partial charge in [0.25, 0.3) is 0 Å². The van der Waals surface area contributed by atoms with Crippen LogP contribution in [-0.2, 0) is 9.59 Å². The van der Waals surface area contributed by atoms with Crippen LogP contribution >= 0.6 is 0 Å². The van der Waals surface area contributed by atoms with Crippen molar-refractivity contribution in [2.75, 3.05) is 19.7 Å². The monoisotopic (exact) mass is 405 g/mol. The maximum Gasteiger partial charge on any atom is 0.490 e. The molecule has 10 heteroatoms. The van der Waals surface area contributed by atoms with Crippen molar-refractivity contribution >= 4 is 11.9 Å². The Bertz CT molecular complexity index is 680. The normalized spacial score (nSPS) is 19.4. The number of rotatable bonds is 5. The molecule has 2 heterocycles. The van der Waals surface area contributed by atoms with Crippen LogP contribution in [0.3, 0.4) is 0 Å². The molecule has 2 rings (SSSR count). The number of aliphatic carboxylic acids is 1. The third-order valence-corrected chi connectivity index (χ3v) is 4.22. The summed E-state index contributed by atoms with van der Waals surface area (Å²) < 4.78 is 37.5. The fourth-order valence-electron chi connectivity index (χ4n) is 2.30. The highest BCUT2D eigenvalue weighted by molar-refractivity contribution is 5.82. The van der Waals surface area contributed by atoms with Crippen LogP contribution in [0.15, 0.2) is 18.3 Å². The lowest BCUT2D eigenvalue weighted by molar-refractivity contribution is -0.192. The summed E-state index contributed by atoms with van der Waals surface area (Å²) in [7, 11) is 0. The largest absolute Gasteiger partial charge is 0.490 e. The Labute approximate surface area is 161 Å². The van der Waals surface area contributed by atoms with Gasteiger partial charge in [0.15, 0.2) is 0 Å². The molecule has 1 aliphatic rings. The summed E-state index contributed by atoms with van der Waals surface area (Å²) in [4.78, 5) is 25.5. The lowest BCUT2D eigenvalue weighted by atomic mass is 9.92. The van der Waals surface area contributed by atoms with E-state index in [0.717, 1.165) is 18.7 Å². The maximum absolute atomic E-state index is 12.4. The number of hydrogen-bond donors (Lipinski definition) is 3. The Morgan fingerprint density at radius 1 is 1.36 bits per heavy atom. The molecule has 0 aromatic carbocycles. The predicted molar refractivity (Wildman–Crippen MR) is 95.9 cm³/mol. The molecule has 1 fully saturated rings. The van der Waals surface area contributed by atoms with Crippen LogP contribution in [0.4, 0.5) is 13.2 Å². The quantitative estimate of drug-likeness (QED) is 0.694. The van der Waals surface area contributed by atoms with E-state index in [2.05, 4.69) is 22.5 Å². The van der Waals surface area contributed by atoms with Crippen LogP contribution in [0.5, 0.6) is 5.88 Å². The summed E-state index contributed by atoms with van der Waals surface area (Å²) in [5.41, 5.74) is 0.383. The number of alkyl halides is 3. The first-order valence-corrected chi connectivity index (χ1v) is 8.71. The van der Waals surface area contributed by atoms with Crippen molar-refractivity contribution in [3.05, 3.63) is 23.9 Å². The van der Waals surface area contributed by atoms with Crippen molar-refractivity contribution in [2.45, 2.75) is 39.9 Å². The maximum atomic E-state index is 12.4. The average molecular weight is 405 g/mol. The molecule has 1 amide bonds. The molecule has 1 aliphatic heterocycles. The van der Waals surface area contributed by atoms with Gasteiger partial charge in [-0.2, -0.15) is 13.2 Å². The van der Waals surface area contributed by atoms with Gasteiger partial charge in [-0.1, -0.05) is 13.0 Å². The number of aromatic nitrogens is 1. The Morgan fingerprint density at radius 2 is 1.96 bits per heavy atom. The van der Waals surface area contributed by atoms with Gasteiger partial charge in [-0.05, 0) is 39.3 Å². The number of nitrogens with one attached hydrogen (secondary N) is 2. The molecule has 0 bridgehead atoms. The standard InChI is InChI=1S/C16H25N3O2.C2HF3O2/c1-11-6-5-7-18-14(11)21-10-16(3,4)15(20)19-13-9-17-8-12(13)2;3-2(4,5)1(6)7/h5-7,12-13,17H,8-10H2,1-4H3,(H,19,20);(H,6,7)/t12-,13-;/m1./s1. The summed E-state index contributed by atoms with van der Waals surface area (Å²) >= 11 is 0. The van der Waals surface area contributed by atoms with Gasteiger partial charge in [0, 0.05) is 24.3 Å². The molecule has 3 N–H and O–H groups in total. The number of carboxylic acids is 1. The summed E-state index contributed by atoms with van der Waals surface area (Å²) in [5.74, 6) is -1.68. The van der Waals surface area contributed by atoms with E-state index in [9.17, 15) is 18.0 Å². The van der Waals surface area contributed by atoms with E-state index in [0.29, 0.717) is 18.4 Å². The zero-order chi connectivity index (χ0) is 21.5. The molecule has 1 aromatic rings. The number of carbonyl (C=O) groups excluding carboxylic acids is 1. The molecule has 158 valence electrons. The molecule has 1 aromatic heterocycles. The van der Waals surface area contributed by atoms with E-state index in [1.54, 1.807) is 6.20 Å². The van der Waals surface area contributed by atoms with Gasteiger partial charge in [0.05, 0.1) is 5.41 Å². The van der Waals surface area contributed by atoms with Gasteiger partial charge >= 0.3 is 12.1 Å². The van der Waals surface area contributed by atoms with E-state index in [1.807, 2.05) is 32.9 Å². The smallest absolute Gasteiger partial charge is 0.476 e. The van der Waals surface area contributed by atoms with Crippen LogP contribution in [0.1, 0.15) is 26.3 Å². The predicted octanol–water partition coefficient (Wildman–Crippen LogP) is 2.15. The number of nitrogens with zero attached hydrogens (tertiary/aromatic N) is 1. The molecule has 1 saturated heterocycles. The number of ether oxygens (including phenoxy) is 1. The van der Waals surface area contributed by atoms with Gasteiger partial charge in [-0.15, -0.1) is 0 Å². The highest BCUT2D eigenvalue weighted by Crippen LogP contribution is 2.21. The van der Waals surface area contributed by atoms with Crippen LogP contribution in [-0.4, -0.2) is 53.9 Å². The summed E-state index contributed by atoms with van der Waals surface area (Å²) in [6.07, 6.45) is -3.39. The lowest BCUT2D eigenvalue weighted by Crippen LogP contribution is -2.48. The number of amides is 1. The van der Waals surface area contributed by atoms with Gasteiger partial charge in [0.1, 0.15) is 6.61 Å². The minimum Gasteiger partial charge on any atom is -0.476 e. The number of carbonyl (C=O) groups is 2. The van der Waals surface area contributed by atoms with Gasteiger partial charge in [-0.3, -0.25) is 4.79 Å². The Hall–Kier alpha value is -2.36. The third kappa shape index (κ3) is 7.34. The number of hydrogen-bond acceptors (Lipinski definition) is 5. The molecule has 0 saturated carbocycles. The van der Waals surface area contributed by atoms with Crippen LogP contribution in [0.2, 0.25) is 0 Å². The van der Waals surface area contributed by atoms with E-state index < -0.39 is 17.6 Å². The van der Waals surface area contributed by atoms with Crippen LogP contribution in [0.25, 0.3) is 0 Å². The number of pyridine rings is 1. The molecule has 7 nitrogen and oxygen atoms in total. The zero-order valence-electron chi connectivity index (χ0n) is 16.3. The van der Waals surface area contributed by atoms with E-state index >= 15 is 0 Å². The molecule has 0 unspecified atom stereocenters. The van der Waals surface area contributed by atoms with Gasteiger partial charge in [0.2, 0.25) is 11.8 Å². The molecule has 0 radical (unpaired) electrons. The number of carboxylic acid groups (broad SMARTS) is 1. The van der Waals surface area contributed by atoms with Gasteiger partial charge in [-0.25, -0.2) is 9.78 Å². The van der Waals surface area contributed by atoms with Gasteiger partial charge < -0.3 is 20.5 Å². The second-order valence-electron chi connectivity index (χ2n) is 7.32. The average Bonchev–Trinajstić information content (AvgIpc) is 2.98. The minimum atomic E-state index is -5.08. The first kappa shape index (κ1) is 23.7. The topological polar surface area (TPSA) is 101 Å². The Kier molecular flexibility index (Phi) is 8.22. The van der Waals surface area contributed by atoms with Crippen molar-refractivity contribution < 1.29 is 32.6 Å². The lowest BCUT2D eigenvalue weighted by Gasteiger charge is -2.27. The molecule has 0 aliphatic carbocycles. The number of aryl methyl sites for hydroxylation is 1. The SMILES string of the molecule is Cc1cccnc1OCC(C)(C)C(=O)N[C@@H]1CNC[C@H]1C.O=C(O)C(F)(F)F. The van der Waals surface area contributed by atoms with E-state index in [1.165, 1.54) is 0 Å². The minimum absolute atomic E-state index is 0.0247. The highest BCUT2D eigenvalue weighted by Gasteiger charge is 2.38. The third-order valence-electron chi connectivity index (χ3n) is 4.22. The molecular formula is C18H26F3N3O4. The van der Waals surface area contributed by atoms with E-state index in [-0.39, 0.29) is 11.9 Å². The van der Waals surface area contributed by atoms with Crippen molar-refractivity contribution in [2.24, 2.45) is 11.3 Å².